The monoisotopic (exact) mass is 436 g/mol. The van der Waals surface area contributed by atoms with Crippen LogP contribution in [0.15, 0.2) is 87.3 Å². The Labute approximate surface area is 170 Å². The largest absolute Gasteiger partial charge is 0.489 e. The number of tetrazole rings is 1. The molecule has 0 saturated carbocycles. The Hall–Kier alpha value is -3.13. The van der Waals surface area contributed by atoms with Crippen molar-refractivity contribution >= 4 is 21.9 Å². The highest BCUT2D eigenvalue weighted by atomic mass is 79.9. The molecule has 0 aliphatic carbocycles. The minimum absolute atomic E-state index is 0.215. The lowest BCUT2D eigenvalue weighted by atomic mass is 10.1. The molecule has 140 valence electrons. The van der Waals surface area contributed by atoms with E-state index >= 15 is 0 Å². The van der Waals surface area contributed by atoms with Crippen LogP contribution in [0.5, 0.6) is 0 Å². The van der Waals surface area contributed by atoms with Crippen molar-refractivity contribution < 1.29 is 4.74 Å². The molecule has 0 spiro atoms. The van der Waals surface area contributed by atoms with Crippen molar-refractivity contribution in [2.45, 2.75) is 19.6 Å². The van der Waals surface area contributed by atoms with E-state index in [4.69, 9.17) is 4.74 Å². The zero-order valence-corrected chi connectivity index (χ0v) is 16.7. The molecule has 0 amide bonds. The van der Waals surface area contributed by atoms with Crippen LogP contribution in [0.2, 0.25) is 0 Å². The fourth-order valence-electron chi connectivity index (χ4n) is 2.79. The summed E-state index contributed by atoms with van der Waals surface area (Å²) in [7, 11) is 0. The highest BCUT2D eigenvalue weighted by Crippen LogP contribution is 2.27. The molecule has 0 N–H and O–H groups in total. The van der Waals surface area contributed by atoms with E-state index in [1.165, 1.54) is 10.4 Å². The van der Waals surface area contributed by atoms with Gasteiger partial charge in [-0.25, -0.2) is 0 Å². The van der Waals surface area contributed by atoms with E-state index in [1.807, 2.05) is 42.5 Å². The molecule has 2 heterocycles. The van der Waals surface area contributed by atoms with Crippen LogP contribution in [0.1, 0.15) is 22.8 Å². The molecular formula is C20H17BrN6O. The Bertz CT molecular complexity index is 1070. The molecule has 0 bridgehead atoms. The Morgan fingerprint density at radius 1 is 1.14 bits per heavy atom. The number of hydrogen-bond donors (Lipinski definition) is 0. The van der Waals surface area contributed by atoms with Crippen LogP contribution in [0.3, 0.4) is 0 Å². The third-order valence-corrected chi connectivity index (χ3v) is 4.56. The molecule has 0 saturated heterocycles. The fourth-order valence-corrected chi connectivity index (χ4v) is 3.20. The van der Waals surface area contributed by atoms with Gasteiger partial charge in [-0.3, -0.25) is 0 Å². The average Bonchev–Trinajstić information content (AvgIpc) is 3.14. The molecule has 1 unspecified atom stereocenters. The molecule has 0 radical (unpaired) electrons. The van der Waals surface area contributed by atoms with Crippen LogP contribution in [-0.2, 0) is 11.3 Å². The Balaban J connectivity index is 1.45. The van der Waals surface area contributed by atoms with E-state index in [0.717, 1.165) is 15.6 Å². The molecule has 1 aliphatic heterocycles. The molecule has 2 aromatic carbocycles. The van der Waals surface area contributed by atoms with Gasteiger partial charge in [0.05, 0.1) is 18.5 Å². The van der Waals surface area contributed by atoms with Crippen molar-refractivity contribution in [3.8, 4) is 0 Å². The van der Waals surface area contributed by atoms with Crippen molar-refractivity contribution in [2.24, 2.45) is 10.2 Å². The summed E-state index contributed by atoms with van der Waals surface area (Å²) in [6, 6.07) is 16.1. The Morgan fingerprint density at radius 3 is 2.89 bits per heavy atom. The molecule has 3 aromatic rings. The summed E-state index contributed by atoms with van der Waals surface area (Å²) in [5.74, 6) is 0.215. The van der Waals surface area contributed by atoms with Gasteiger partial charge in [0.25, 0.3) is 0 Å². The van der Waals surface area contributed by atoms with Crippen molar-refractivity contribution in [1.82, 2.24) is 20.2 Å². The molecule has 8 heteroatoms. The summed E-state index contributed by atoms with van der Waals surface area (Å²) < 4.78 is 6.65. The molecule has 0 fully saturated rings. The maximum absolute atomic E-state index is 5.65. The number of benzene rings is 2. The third-order valence-electron chi connectivity index (χ3n) is 4.07. The van der Waals surface area contributed by atoms with E-state index < -0.39 is 0 Å². The number of azo groups is 1. The van der Waals surface area contributed by atoms with Gasteiger partial charge in [0.15, 0.2) is 0 Å². The zero-order valence-electron chi connectivity index (χ0n) is 15.1. The number of rotatable bonds is 5. The second-order valence-corrected chi connectivity index (χ2v) is 7.23. The van der Waals surface area contributed by atoms with E-state index in [1.54, 1.807) is 12.3 Å². The van der Waals surface area contributed by atoms with Crippen LogP contribution < -0.4 is 0 Å². The quantitative estimate of drug-likeness (QED) is 0.524. The first-order valence-electron chi connectivity index (χ1n) is 8.70. The first-order valence-corrected chi connectivity index (χ1v) is 9.49. The smallest absolute Gasteiger partial charge is 0.307 e. The summed E-state index contributed by atoms with van der Waals surface area (Å²) in [6.45, 7) is 2.58. The lowest BCUT2D eigenvalue weighted by molar-refractivity contribution is 0.184. The van der Waals surface area contributed by atoms with Crippen LogP contribution >= 0.6 is 15.9 Å². The highest BCUT2D eigenvalue weighted by molar-refractivity contribution is 9.10. The van der Waals surface area contributed by atoms with Crippen molar-refractivity contribution in [1.29, 1.82) is 0 Å². The summed E-state index contributed by atoms with van der Waals surface area (Å²) in [4.78, 5) is 1.50. The minimum atomic E-state index is -0.221. The van der Waals surface area contributed by atoms with Crippen molar-refractivity contribution in [2.75, 3.05) is 0 Å². The van der Waals surface area contributed by atoms with Crippen LogP contribution in [0.4, 0.5) is 5.95 Å². The second kappa shape index (κ2) is 8.26. The van der Waals surface area contributed by atoms with Gasteiger partial charge in [0.2, 0.25) is 0 Å². The number of allylic oxidation sites excluding steroid dienone is 1. The molecule has 7 nitrogen and oxygen atoms in total. The lowest BCUT2D eigenvalue weighted by Crippen LogP contribution is -2.03. The Kier molecular flexibility index (Phi) is 5.38. The van der Waals surface area contributed by atoms with Gasteiger partial charge in [-0.15, -0.1) is 15.3 Å². The van der Waals surface area contributed by atoms with Gasteiger partial charge in [-0.2, -0.15) is 4.80 Å². The first kappa shape index (κ1) is 18.2. The van der Waals surface area contributed by atoms with Crippen molar-refractivity contribution in [3.05, 3.63) is 93.8 Å². The zero-order chi connectivity index (χ0) is 19.3. The number of aromatic nitrogens is 4. The first-order chi connectivity index (χ1) is 13.7. The van der Waals surface area contributed by atoms with Gasteiger partial charge in [-0.1, -0.05) is 63.0 Å². The summed E-state index contributed by atoms with van der Waals surface area (Å²) in [6.07, 6.45) is 5.03. The maximum Gasteiger partial charge on any atom is 0.307 e. The number of ether oxygens (including phenoxy) is 1. The van der Waals surface area contributed by atoms with E-state index in [9.17, 15) is 0 Å². The van der Waals surface area contributed by atoms with Gasteiger partial charge >= 0.3 is 5.95 Å². The van der Waals surface area contributed by atoms with Crippen molar-refractivity contribution in [3.63, 3.8) is 0 Å². The minimum Gasteiger partial charge on any atom is -0.489 e. The van der Waals surface area contributed by atoms with E-state index in [2.05, 4.69) is 60.6 Å². The number of hydrogen-bond acceptors (Lipinski definition) is 6. The number of aryl methyl sites for hydroxylation is 1. The SMILES string of the molecule is Cc1cccc(Cn2nnc(N=NC3=CC(c4cccc(Br)c4)OC=C3)n2)c1. The molecule has 28 heavy (non-hydrogen) atoms. The normalized spacial score (nSPS) is 16.2. The molecule has 1 aromatic heterocycles. The van der Waals surface area contributed by atoms with E-state index in [-0.39, 0.29) is 12.1 Å². The third kappa shape index (κ3) is 4.58. The molecule has 1 aliphatic rings. The highest BCUT2D eigenvalue weighted by Gasteiger charge is 2.13. The maximum atomic E-state index is 5.65. The van der Waals surface area contributed by atoms with Gasteiger partial charge in [0.1, 0.15) is 6.10 Å². The second-order valence-electron chi connectivity index (χ2n) is 6.31. The van der Waals surface area contributed by atoms with Gasteiger partial charge in [-0.05, 0) is 41.5 Å². The van der Waals surface area contributed by atoms with Crippen LogP contribution in [0.25, 0.3) is 0 Å². The molecular weight excluding hydrogens is 420 g/mol. The van der Waals surface area contributed by atoms with E-state index in [0.29, 0.717) is 12.2 Å². The average molecular weight is 437 g/mol. The lowest BCUT2D eigenvalue weighted by Gasteiger charge is -2.16. The van der Waals surface area contributed by atoms with Gasteiger partial charge < -0.3 is 4.74 Å². The summed E-state index contributed by atoms with van der Waals surface area (Å²) >= 11 is 3.47. The topological polar surface area (TPSA) is 77.5 Å². The predicted octanol–water partition coefficient (Wildman–Crippen LogP) is 5.05. The predicted molar refractivity (Wildman–Crippen MR) is 108 cm³/mol. The summed E-state index contributed by atoms with van der Waals surface area (Å²) in [5, 5.41) is 20.5. The molecule has 1 atom stereocenters. The standard InChI is InChI=1S/C20H17BrN6O/c1-14-4-2-5-15(10-14)13-27-25-20(24-26-27)23-22-18-8-9-28-19(12-18)16-6-3-7-17(21)11-16/h2-12,19H,13H2,1H3. The fraction of sp³-hybridized carbons (Fsp3) is 0.150. The van der Waals surface area contributed by atoms with Gasteiger partial charge in [0, 0.05) is 10.5 Å². The van der Waals surface area contributed by atoms with Crippen LogP contribution in [-0.4, -0.2) is 20.2 Å². The molecule has 4 rings (SSSR count). The Morgan fingerprint density at radius 2 is 2.04 bits per heavy atom. The number of halogens is 1. The summed E-state index contributed by atoms with van der Waals surface area (Å²) in [5.41, 5.74) is 3.99. The number of nitrogens with zero attached hydrogens (tertiary/aromatic N) is 6. The van der Waals surface area contributed by atoms with Crippen LogP contribution in [0, 0.1) is 6.92 Å².